The molecule has 0 aliphatic heterocycles. The molecule has 0 saturated heterocycles. The Morgan fingerprint density at radius 3 is 2.21 bits per heavy atom. The van der Waals surface area contributed by atoms with E-state index in [0.717, 1.165) is 0 Å². The van der Waals surface area contributed by atoms with E-state index in [1.54, 1.807) is 6.92 Å². The zero-order valence-electron chi connectivity index (χ0n) is 9.20. The van der Waals surface area contributed by atoms with Crippen LogP contribution in [0.1, 0.15) is 27.2 Å². The zero-order chi connectivity index (χ0) is 11.1. The highest BCUT2D eigenvalue weighted by atomic mass is 16.5. The van der Waals surface area contributed by atoms with Gasteiger partial charge in [-0.05, 0) is 12.8 Å². The van der Waals surface area contributed by atoms with Crippen LogP contribution < -0.4 is 0 Å². The Balaban J connectivity index is 4.29. The highest BCUT2D eigenvalue weighted by Gasteiger charge is 2.26. The summed E-state index contributed by atoms with van der Waals surface area (Å²) < 4.78 is 9.38. The molecule has 4 nitrogen and oxygen atoms in total. The van der Waals surface area contributed by atoms with Crippen molar-refractivity contribution in [1.29, 1.82) is 0 Å². The average Bonchev–Trinajstić information content (AvgIpc) is 2.13. The summed E-state index contributed by atoms with van der Waals surface area (Å²) in [4.78, 5) is 22.4. The molecule has 0 aliphatic rings. The molecule has 0 amide bonds. The number of carbonyl (C=O) groups is 2. The Kier molecular flexibility index (Phi) is 5.92. The standard InChI is InChI=1S/C10H18O4/c1-5-14-10(12)8(7(2)3)6-9(11)13-4/h7-8H,5-6H2,1-4H3. The second kappa shape index (κ2) is 6.40. The topological polar surface area (TPSA) is 52.6 Å². The highest BCUT2D eigenvalue weighted by molar-refractivity contribution is 5.80. The molecule has 1 unspecified atom stereocenters. The van der Waals surface area contributed by atoms with Gasteiger partial charge in [-0.25, -0.2) is 0 Å². The fourth-order valence-corrected chi connectivity index (χ4v) is 1.10. The monoisotopic (exact) mass is 202 g/mol. The Labute approximate surface area is 84.6 Å². The summed E-state index contributed by atoms with van der Waals surface area (Å²) in [5, 5.41) is 0. The second-order valence-electron chi connectivity index (χ2n) is 3.38. The van der Waals surface area contributed by atoms with Gasteiger partial charge in [0.1, 0.15) is 0 Å². The van der Waals surface area contributed by atoms with Gasteiger partial charge in [-0.3, -0.25) is 9.59 Å². The van der Waals surface area contributed by atoms with E-state index < -0.39 is 5.92 Å². The molecular formula is C10H18O4. The number of hydrogen-bond donors (Lipinski definition) is 0. The largest absolute Gasteiger partial charge is 0.469 e. The molecule has 0 heterocycles. The van der Waals surface area contributed by atoms with E-state index >= 15 is 0 Å². The minimum Gasteiger partial charge on any atom is -0.469 e. The van der Waals surface area contributed by atoms with Crippen LogP contribution >= 0.6 is 0 Å². The van der Waals surface area contributed by atoms with E-state index in [9.17, 15) is 9.59 Å². The van der Waals surface area contributed by atoms with Crippen molar-refractivity contribution < 1.29 is 19.1 Å². The third-order valence-electron chi connectivity index (χ3n) is 2.01. The molecule has 4 heteroatoms. The maximum atomic E-state index is 11.4. The lowest BCUT2D eigenvalue weighted by atomic mass is 9.93. The van der Waals surface area contributed by atoms with E-state index in [4.69, 9.17) is 4.74 Å². The van der Waals surface area contributed by atoms with Crippen molar-refractivity contribution in [2.45, 2.75) is 27.2 Å². The summed E-state index contributed by atoms with van der Waals surface area (Å²) in [5.41, 5.74) is 0. The smallest absolute Gasteiger partial charge is 0.309 e. The van der Waals surface area contributed by atoms with Gasteiger partial charge in [0.15, 0.2) is 0 Å². The first kappa shape index (κ1) is 12.9. The van der Waals surface area contributed by atoms with Crippen LogP contribution in [-0.4, -0.2) is 25.7 Å². The average molecular weight is 202 g/mol. The van der Waals surface area contributed by atoms with Gasteiger partial charge in [0.2, 0.25) is 0 Å². The predicted octanol–water partition coefficient (Wildman–Crippen LogP) is 1.38. The number of esters is 2. The van der Waals surface area contributed by atoms with Gasteiger partial charge in [-0.1, -0.05) is 13.8 Å². The van der Waals surface area contributed by atoms with Crippen LogP contribution in [0.3, 0.4) is 0 Å². The molecular weight excluding hydrogens is 184 g/mol. The van der Waals surface area contributed by atoms with Crippen molar-refractivity contribution in [3.63, 3.8) is 0 Å². The third kappa shape index (κ3) is 4.25. The van der Waals surface area contributed by atoms with E-state index in [-0.39, 0.29) is 24.3 Å². The molecule has 14 heavy (non-hydrogen) atoms. The van der Waals surface area contributed by atoms with Crippen molar-refractivity contribution in [1.82, 2.24) is 0 Å². The normalized spacial score (nSPS) is 12.4. The van der Waals surface area contributed by atoms with Crippen molar-refractivity contribution >= 4 is 11.9 Å². The van der Waals surface area contributed by atoms with Crippen molar-refractivity contribution in [2.75, 3.05) is 13.7 Å². The lowest BCUT2D eigenvalue weighted by Gasteiger charge is -2.17. The van der Waals surface area contributed by atoms with E-state index in [2.05, 4.69) is 4.74 Å². The molecule has 0 aromatic carbocycles. The van der Waals surface area contributed by atoms with E-state index in [0.29, 0.717) is 6.61 Å². The van der Waals surface area contributed by atoms with Gasteiger partial charge in [-0.15, -0.1) is 0 Å². The SMILES string of the molecule is CCOC(=O)C(CC(=O)OC)C(C)C. The lowest BCUT2D eigenvalue weighted by Crippen LogP contribution is -2.26. The predicted molar refractivity (Wildman–Crippen MR) is 51.6 cm³/mol. The summed E-state index contributed by atoms with van der Waals surface area (Å²) in [5.74, 6) is -1.03. The first-order chi connectivity index (χ1) is 6.52. The fraction of sp³-hybridized carbons (Fsp3) is 0.800. The Morgan fingerprint density at radius 1 is 1.29 bits per heavy atom. The minimum atomic E-state index is -0.401. The maximum Gasteiger partial charge on any atom is 0.309 e. The molecule has 0 bridgehead atoms. The number of carbonyl (C=O) groups excluding carboxylic acids is 2. The number of hydrogen-bond acceptors (Lipinski definition) is 4. The van der Waals surface area contributed by atoms with Crippen LogP contribution in [0.5, 0.6) is 0 Å². The molecule has 0 fully saturated rings. The fourth-order valence-electron chi connectivity index (χ4n) is 1.10. The summed E-state index contributed by atoms with van der Waals surface area (Å²) in [6, 6.07) is 0. The zero-order valence-corrected chi connectivity index (χ0v) is 9.20. The molecule has 1 atom stereocenters. The van der Waals surface area contributed by atoms with Gasteiger partial charge < -0.3 is 9.47 Å². The highest BCUT2D eigenvalue weighted by Crippen LogP contribution is 2.17. The molecule has 0 rings (SSSR count). The molecule has 0 aliphatic carbocycles. The Hall–Kier alpha value is -1.06. The van der Waals surface area contributed by atoms with E-state index in [1.807, 2.05) is 13.8 Å². The Bertz CT molecular complexity index is 198. The van der Waals surface area contributed by atoms with Crippen molar-refractivity contribution in [3.05, 3.63) is 0 Å². The Morgan fingerprint density at radius 2 is 1.86 bits per heavy atom. The van der Waals surface area contributed by atoms with Gasteiger partial charge in [0, 0.05) is 0 Å². The first-order valence-corrected chi connectivity index (χ1v) is 4.76. The van der Waals surface area contributed by atoms with Crippen molar-refractivity contribution in [3.8, 4) is 0 Å². The summed E-state index contributed by atoms with van der Waals surface area (Å²) in [6.07, 6.45) is 0.0903. The second-order valence-corrected chi connectivity index (χ2v) is 3.38. The molecule has 0 aromatic rings. The number of methoxy groups -OCH3 is 1. The third-order valence-corrected chi connectivity index (χ3v) is 2.01. The molecule has 0 radical (unpaired) electrons. The summed E-state index contributed by atoms with van der Waals surface area (Å²) in [6.45, 7) is 5.84. The summed E-state index contributed by atoms with van der Waals surface area (Å²) in [7, 11) is 1.31. The summed E-state index contributed by atoms with van der Waals surface area (Å²) >= 11 is 0. The van der Waals surface area contributed by atoms with Crippen LogP contribution in [0.15, 0.2) is 0 Å². The molecule has 82 valence electrons. The molecule has 0 spiro atoms. The maximum absolute atomic E-state index is 11.4. The van der Waals surface area contributed by atoms with Gasteiger partial charge >= 0.3 is 11.9 Å². The van der Waals surface area contributed by atoms with Crippen LogP contribution in [0.25, 0.3) is 0 Å². The van der Waals surface area contributed by atoms with Gasteiger partial charge in [-0.2, -0.15) is 0 Å². The molecule has 0 N–H and O–H groups in total. The van der Waals surface area contributed by atoms with Crippen LogP contribution in [0.2, 0.25) is 0 Å². The minimum absolute atomic E-state index is 0.0770. The van der Waals surface area contributed by atoms with E-state index in [1.165, 1.54) is 7.11 Å². The van der Waals surface area contributed by atoms with Crippen molar-refractivity contribution in [2.24, 2.45) is 11.8 Å². The number of ether oxygens (including phenoxy) is 2. The molecule has 0 aromatic heterocycles. The van der Waals surface area contributed by atoms with Gasteiger partial charge in [0.05, 0.1) is 26.1 Å². The molecule has 0 saturated carbocycles. The lowest BCUT2D eigenvalue weighted by molar-refractivity contribution is -0.155. The van der Waals surface area contributed by atoms with Crippen LogP contribution in [-0.2, 0) is 19.1 Å². The first-order valence-electron chi connectivity index (χ1n) is 4.76. The van der Waals surface area contributed by atoms with Crippen LogP contribution in [0.4, 0.5) is 0 Å². The number of rotatable bonds is 5. The van der Waals surface area contributed by atoms with Crippen LogP contribution in [0, 0.1) is 11.8 Å². The quantitative estimate of drug-likeness (QED) is 0.632. The van der Waals surface area contributed by atoms with Gasteiger partial charge in [0.25, 0.3) is 0 Å².